The molecular formula is C21H16ClN5O. The predicted molar refractivity (Wildman–Crippen MR) is 111 cm³/mol. The summed E-state index contributed by atoms with van der Waals surface area (Å²) >= 11 is 6.13. The number of pyridine rings is 1. The largest absolute Gasteiger partial charge is 0.338 e. The molecule has 4 aromatic rings. The first-order chi connectivity index (χ1) is 13.6. The number of hydrogen-bond donors (Lipinski definition) is 2. The standard InChI is InChI=1S/C21H16ClN5O/c1-13-15(22)7-3-8-16(13)24-19-11-10-18(26-27-19)21(28)25-17-9-2-5-14-6-4-12-23-20(14)17/h2-12H,1H3,(H,24,27)(H,25,28). The van der Waals surface area contributed by atoms with Crippen LogP contribution >= 0.6 is 11.6 Å². The van der Waals surface area contributed by atoms with Gasteiger partial charge in [0, 0.05) is 22.3 Å². The summed E-state index contributed by atoms with van der Waals surface area (Å²) in [5.41, 5.74) is 3.31. The summed E-state index contributed by atoms with van der Waals surface area (Å²) in [5, 5.41) is 15.7. The molecule has 0 saturated carbocycles. The summed E-state index contributed by atoms with van der Waals surface area (Å²) in [6.45, 7) is 1.91. The van der Waals surface area contributed by atoms with Crippen LogP contribution in [-0.4, -0.2) is 21.1 Å². The van der Waals surface area contributed by atoms with Gasteiger partial charge in [-0.1, -0.05) is 35.9 Å². The molecule has 2 heterocycles. The number of nitrogens with zero attached hydrogens (tertiary/aromatic N) is 3. The summed E-state index contributed by atoms with van der Waals surface area (Å²) in [6, 6.07) is 18.3. The highest BCUT2D eigenvalue weighted by atomic mass is 35.5. The number of carbonyl (C=O) groups is 1. The predicted octanol–water partition coefficient (Wildman–Crippen LogP) is 4.98. The van der Waals surface area contributed by atoms with Crippen molar-refractivity contribution in [3.63, 3.8) is 0 Å². The maximum atomic E-state index is 12.5. The highest BCUT2D eigenvalue weighted by Gasteiger charge is 2.11. The zero-order valence-corrected chi connectivity index (χ0v) is 15.7. The van der Waals surface area contributed by atoms with E-state index in [0.717, 1.165) is 22.2 Å². The molecule has 4 rings (SSSR count). The molecule has 28 heavy (non-hydrogen) atoms. The molecular weight excluding hydrogens is 374 g/mol. The lowest BCUT2D eigenvalue weighted by atomic mass is 10.2. The van der Waals surface area contributed by atoms with Crippen molar-refractivity contribution in [2.45, 2.75) is 6.92 Å². The van der Waals surface area contributed by atoms with Gasteiger partial charge >= 0.3 is 0 Å². The Bertz CT molecular complexity index is 1160. The number of nitrogens with one attached hydrogen (secondary N) is 2. The molecule has 2 N–H and O–H groups in total. The molecule has 0 atom stereocenters. The maximum Gasteiger partial charge on any atom is 0.276 e. The summed E-state index contributed by atoms with van der Waals surface area (Å²) in [7, 11) is 0. The molecule has 0 fully saturated rings. The van der Waals surface area contributed by atoms with Crippen LogP contribution in [0.2, 0.25) is 5.02 Å². The van der Waals surface area contributed by atoms with Gasteiger partial charge in [0.15, 0.2) is 11.5 Å². The minimum absolute atomic E-state index is 0.210. The second-order valence-corrected chi connectivity index (χ2v) is 6.58. The molecule has 2 aromatic carbocycles. The average Bonchev–Trinajstić information content (AvgIpc) is 2.72. The summed E-state index contributed by atoms with van der Waals surface area (Å²) in [6.07, 6.45) is 1.69. The molecule has 7 heteroatoms. The number of amides is 1. The fraction of sp³-hybridized carbons (Fsp3) is 0.0476. The zero-order valence-electron chi connectivity index (χ0n) is 15.0. The van der Waals surface area contributed by atoms with E-state index in [2.05, 4.69) is 25.8 Å². The molecule has 0 spiro atoms. The van der Waals surface area contributed by atoms with E-state index >= 15 is 0 Å². The first kappa shape index (κ1) is 17.9. The summed E-state index contributed by atoms with van der Waals surface area (Å²) in [4.78, 5) is 16.9. The molecule has 138 valence electrons. The normalized spacial score (nSPS) is 10.6. The second-order valence-electron chi connectivity index (χ2n) is 6.18. The minimum atomic E-state index is -0.351. The monoisotopic (exact) mass is 389 g/mol. The van der Waals surface area contributed by atoms with Gasteiger partial charge in [0.05, 0.1) is 11.2 Å². The zero-order chi connectivity index (χ0) is 19.5. The van der Waals surface area contributed by atoms with E-state index in [-0.39, 0.29) is 11.6 Å². The van der Waals surface area contributed by atoms with Gasteiger partial charge in [-0.05, 0) is 48.9 Å². The fourth-order valence-corrected chi connectivity index (χ4v) is 2.97. The Balaban J connectivity index is 1.52. The molecule has 0 bridgehead atoms. The van der Waals surface area contributed by atoms with E-state index in [4.69, 9.17) is 11.6 Å². The Labute approximate surface area is 166 Å². The second kappa shape index (κ2) is 7.62. The van der Waals surface area contributed by atoms with Crippen LogP contribution in [0, 0.1) is 6.92 Å². The molecule has 2 aromatic heterocycles. The Morgan fingerprint density at radius 2 is 1.71 bits per heavy atom. The lowest BCUT2D eigenvalue weighted by molar-refractivity contribution is 0.102. The SMILES string of the molecule is Cc1c(Cl)cccc1Nc1ccc(C(=O)Nc2cccc3cccnc23)nn1. The van der Waals surface area contributed by atoms with E-state index in [0.29, 0.717) is 16.5 Å². The quantitative estimate of drug-likeness (QED) is 0.514. The minimum Gasteiger partial charge on any atom is -0.338 e. The van der Waals surface area contributed by atoms with Gasteiger partial charge in [-0.3, -0.25) is 9.78 Å². The number of hydrogen-bond acceptors (Lipinski definition) is 5. The third-order valence-electron chi connectivity index (χ3n) is 4.31. The summed E-state index contributed by atoms with van der Waals surface area (Å²) in [5.74, 6) is 0.171. The molecule has 1 amide bonds. The van der Waals surface area contributed by atoms with Crippen molar-refractivity contribution in [1.82, 2.24) is 15.2 Å². The van der Waals surface area contributed by atoms with Crippen LogP contribution in [0.1, 0.15) is 16.1 Å². The molecule has 6 nitrogen and oxygen atoms in total. The van der Waals surface area contributed by atoms with Gasteiger partial charge < -0.3 is 10.6 Å². The van der Waals surface area contributed by atoms with E-state index in [1.807, 2.05) is 49.4 Å². The van der Waals surface area contributed by atoms with Crippen molar-refractivity contribution in [2.24, 2.45) is 0 Å². The summed E-state index contributed by atoms with van der Waals surface area (Å²) < 4.78 is 0. The van der Waals surface area contributed by atoms with E-state index in [9.17, 15) is 4.79 Å². The van der Waals surface area contributed by atoms with Crippen LogP contribution in [0.4, 0.5) is 17.2 Å². The lowest BCUT2D eigenvalue weighted by Crippen LogP contribution is -2.15. The third kappa shape index (κ3) is 3.63. The van der Waals surface area contributed by atoms with Gasteiger partial charge in [-0.25, -0.2) is 0 Å². The molecule has 0 unspecified atom stereocenters. The van der Waals surface area contributed by atoms with Crippen molar-refractivity contribution in [1.29, 1.82) is 0 Å². The van der Waals surface area contributed by atoms with Crippen molar-refractivity contribution in [3.8, 4) is 0 Å². The number of halogens is 1. The van der Waals surface area contributed by atoms with Crippen LogP contribution in [0.3, 0.4) is 0 Å². The Hall–Kier alpha value is -3.51. The molecule has 0 saturated heterocycles. The highest BCUT2D eigenvalue weighted by Crippen LogP contribution is 2.25. The fourth-order valence-electron chi connectivity index (χ4n) is 2.79. The number of aromatic nitrogens is 3. The van der Waals surface area contributed by atoms with Crippen molar-refractivity contribution in [2.75, 3.05) is 10.6 Å². The first-order valence-electron chi connectivity index (χ1n) is 8.63. The number of fused-ring (bicyclic) bond motifs is 1. The van der Waals surface area contributed by atoms with E-state index in [1.54, 1.807) is 24.4 Å². The molecule has 0 aliphatic heterocycles. The molecule has 0 aliphatic rings. The van der Waals surface area contributed by atoms with E-state index < -0.39 is 0 Å². The third-order valence-corrected chi connectivity index (χ3v) is 4.72. The number of anilines is 3. The van der Waals surface area contributed by atoms with Gasteiger partial charge in [0.2, 0.25) is 0 Å². The van der Waals surface area contributed by atoms with Crippen LogP contribution in [0.5, 0.6) is 0 Å². The van der Waals surface area contributed by atoms with Gasteiger partial charge in [0.25, 0.3) is 5.91 Å². The number of para-hydroxylation sites is 1. The first-order valence-corrected chi connectivity index (χ1v) is 9.00. The van der Waals surface area contributed by atoms with Crippen LogP contribution in [0.25, 0.3) is 10.9 Å². The van der Waals surface area contributed by atoms with Gasteiger partial charge in [0.1, 0.15) is 0 Å². The Morgan fingerprint density at radius 1 is 0.929 bits per heavy atom. The van der Waals surface area contributed by atoms with Crippen LogP contribution in [-0.2, 0) is 0 Å². The van der Waals surface area contributed by atoms with Crippen molar-refractivity contribution in [3.05, 3.63) is 83.1 Å². The number of benzene rings is 2. The Morgan fingerprint density at radius 3 is 2.54 bits per heavy atom. The average molecular weight is 390 g/mol. The Kier molecular flexibility index (Phi) is 4.87. The van der Waals surface area contributed by atoms with Crippen molar-refractivity contribution < 1.29 is 4.79 Å². The number of rotatable bonds is 4. The number of carbonyl (C=O) groups excluding carboxylic acids is 1. The van der Waals surface area contributed by atoms with E-state index in [1.165, 1.54) is 0 Å². The van der Waals surface area contributed by atoms with Crippen molar-refractivity contribution >= 4 is 45.6 Å². The molecule has 0 aliphatic carbocycles. The topological polar surface area (TPSA) is 79.8 Å². The smallest absolute Gasteiger partial charge is 0.276 e. The lowest BCUT2D eigenvalue weighted by Gasteiger charge is -2.10. The van der Waals surface area contributed by atoms with Crippen LogP contribution in [0.15, 0.2) is 66.9 Å². The maximum absolute atomic E-state index is 12.5. The van der Waals surface area contributed by atoms with Crippen LogP contribution < -0.4 is 10.6 Å². The van der Waals surface area contributed by atoms with Gasteiger partial charge in [-0.2, -0.15) is 0 Å². The molecule has 0 radical (unpaired) electrons. The van der Waals surface area contributed by atoms with Gasteiger partial charge in [-0.15, -0.1) is 10.2 Å². The highest BCUT2D eigenvalue weighted by molar-refractivity contribution is 6.31.